The first kappa shape index (κ1) is 45.3. The zero-order chi connectivity index (χ0) is 42.9. The zero-order valence-corrected chi connectivity index (χ0v) is 34.5. The summed E-state index contributed by atoms with van der Waals surface area (Å²) in [4.78, 5) is 51.6. The van der Waals surface area contributed by atoms with Crippen molar-refractivity contribution in [2.45, 2.75) is 19.0 Å². The lowest BCUT2D eigenvalue weighted by Crippen LogP contribution is -2.14. The number of pyridine rings is 2. The summed E-state index contributed by atoms with van der Waals surface area (Å²) < 4.78 is 21.5. The number of rotatable bonds is 14. The van der Waals surface area contributed by atoms with Crippen molar-refractivity contribution < 1.29 is 38.7 Å². The number of thioether (sulfide) groups is 1. The number of imidazole rings is 2. The van der Waals surface area contributed by atoms with Gasteiger partial charge in [0.2, 0.25) is 11.8 Å². The molecule has 21 heteroatoms. The summed E-state index contributed by atoms with van der Waals surface area (Å²) in [5.74, 6) is 2.17. The molecule has 18 nitrogen and oxygen atoms in total. The first-order valence-electron chi connectivity index (χ1n) is 17.3. The monoisotopic (exact) mass is 862 g/mol. The van der Waals surface area contributed by atoms with Crippen LogP contribution in [0.4, 0.5) is 23.0 Å². The van der Waals surface area contributed by atoms with Crippen LogP contribution in [0.25, 0.3) is 31.8 Å². The smallest absolute Gasteiger partial charge is 0.274 e. The molecule has 0 aliphatic carbocycles. The average molecular weight is 863 g/mol. The lowest BCUT2D eigenvalue weighted by molar-refractivity contribution is -0.114. The number of aromatic nitrogens is 6. The van der Waals surface area contributed by atoms with E-state index in [0.717, 1.165) is 22.1 Å². The normalized spacial score (nSPS) is 10.3. The van der Waals surface area contributed by atoms with Gasteiger partial charge in [-0.25, -0.2) is 4.98 Å². The van der Waals surface area contributed by atoms with Crippen LogP contribution in [0.5, 0.6) is 23.0 Å². The fourth-order valence-corrected chi connectivity index (χ4v) is 6.02. The molecule has 6 rings (SSSR count). The summed E-state index contributed by atoms with van der Waals surface area (Å²) in [5, 5.41) is 23.6. The van der Waals surface area contributed by atoms with Crippen molar-refractivity contribution in [2.24, 2.45) is 0 Å². The summed E-state index contributed by atoms with van der Waals surface area (Å²) >= 11 is 11.6. The standard InChI is InChI=1S/C19H19N5O4S.C11H14ClNO4.C8H6N4S/c1-11-17-13(9-21-18(11)20-2)23-19(24-17)29-10-16(26)22-12-4-5-14(27-3)15(8-12)28-7-6-25;1-16-9-3-2-8(13-11(15)7-12)6-10(9)17-5-4-14;1-4-6-5(11-8(13)12-6)3-10-7(4)9-2/h4-5,8-9,25H,6-7,10H2,1,3H3,(H,22,26)(H,23,24);2-3,6,14H,4-5,7H2,1H3,(H,13,15);3H,1H3,(H2,11,12,13). The number of benzene rings is 2. The molecule has 0 spiro atoms. The fraction of sp³-hybridized carbons (Fsp3) is 0.263. The number of carbonyl (C=O) groups excluding carboxylic acids is 2. The first-order valence-corrected chi connectivity index (χ1v) is 19.2. The Bertz CT molecular complexity index is 2550. The van der Waals surface area contributed by atoms with Crippen molar-refractivity contribution in [3.63, 3.8) is 0 Å². The van der Waals surface area contributed by atoms with Crippen LogP contribution in [0.15, 0.2) is 53.9 Å². The van der Waals surface area contributed by atoms with Crippen molar-refractivity contribution in [3.8, 4) is 23.0 Å². The number of alkyl halides is 1. The number of ether oxygens (including phenoxy) is 4. The Morgan fingerprint density at radius 2 is 1.36 bits per heavy atom. The van der Waals surface area contributed by atoms with Crippen LogP contribution < -0.4 is 29.6 Å². The highest BCUT2D eigenvalue weighted by Gasteiger charge is 2.14. The number of aliphatic hydroxyl groups excluding tert-OH is 2. The molecular formula is C38H39ClN10O8S2. The number of hydrogen-bond acceptors (Lipinski definition) is 13. The van der Waals surface area contributed by atoms with E-state index in [2.05, 4.69) is 50.2 Å². The van der Waals surface area contributed by atoms with Crippen LogP contribution in [0.3, 0.4) is 0 Å². The molecule has 308 valence electrons. The van der Waals surface area contributed by atoms with Crippen molar-refractivity contribution in [3.05, 3.63) is 87.5 Å². The van der Waals surface area contributed by atoms with E-state index in [1.54, 1.807) is 55.7 Å². The summed E-state index contributed by atoms with van der Waals surface area (Å²) in [6.45, 7) is 17.7. The number of fused-ring (bicyclic) bond motifs is 2. The van der Waals surface area contributed by atoms with E-state index >= 15 is 0 Å². The summed E-state index contributed by atoms with van der Waals surface area (Å²) in [5.41, 5.74) is 5.76. The highest BCUT2D eigenvalue weighted by molar-refractivity contribution is 7.99. The van der Waals surface area contributed by atoms with Gasteiger partial charge in [0.15, 0.2) is 32.9 Å². The summed E-state index contributed by atoms with van der Waals surface area (Å²) in [6, 6.07) is 9.97. The van der Waals surface area contributed by atoms with E-state index in [1.807, 2.05) is 6.92 Å². The Kier molecular flexibility index (Phi) is 17.3. The SMILES string of the molecule is COc1ccc(NC(=O)CCl)cc1OCCO.[C-]#[N+]c1ncc2[nH]c(=S)[nH]c2c1C.[C-]#[N+]c1ncc2[nH]c(SCC(=O)Nc3ccc(OC)c(OCCO)c3)nc2c1C. The molecular weight excluding hydrogens is 824 g/mol. The van der Waals surface area contributed by atoms with Gasteiger partial charge in [-0.3, -0.25) is 9.59 Å². The van der Waals surface area contributed by atoms with Gasteiger partial charge in [0, 0.05) is 34.6 Å². The van der Waals surface area contributed by atoms with Gasteiger partial charge in [-0.15, -0.1) is 21.6 Å². The third-order valence-corrected chi connectivity index (χ3v) is 9.08. The van der Waals surface area contributed by atoms with Crippen molar-refractivity contribution >= 4 is 92.5 Å². The number of hydrogen-bond donors (Lipinski definition) is 7. The van der Waals surface area contributed by atoms with E-state index in [0.29, 0.717) is 67.0 Å². The van der Waals surface area contributed by atoms with Crippen LogP contribution >= 0.6 is 35.6 Å². The molecule has 59 heavy (non-hydrogen) atoms. The second kappa shape index (κ2) is 22.5. The summed E-state index contributed by atoms with van der Waals surface area (Å²) in [6.07, 6.45) is 3.18. The quantitative estimate of drug-likeness (QED) is 0.0264. The lowest BCUT2D eigenvalue weighted by Gasteiger charge is -2.12. The molecule has 6 aromatic rings. The minimum absolute atomic E-state index is 0.0958. The number of anilines is 2. The van der Waals surface area contributed by atoms with Gasteiger partial charge in [0.25, 0.3) is 11.6 Å². The molecule has 0 aliphatic rings. The largest absolute Gasteiger partial charge is 0.493 e. The van der Waals surface area contributed by atoms with Gasteiger partial charge >= 0.3 is 0 Å². The topological polar surface area (TPSA) is 230 Å². The molecule has 0 saturated heterocycles. The van der Waals surface area contributed by atoms with Crippen LogP contribution in [0, 0.1) is 31.8 Å². The maximum absolute atomic E-state index is 12.3. The summed E-state index contributed by atoms with van der Waals surface area (Å²) in [7, 11) is 3.03. The van der Waals surface area contributed by atoms with Crippen molar-refractivity contribution in [1.29, 1.82) is 0 Å². The van der Waals surface area contributed by atoms with Gasteiger partial charge < -0.3 is 64.4 Å². The number of nitrogens with one attached hydrogen (secondary N) is 5. The molecule has 4 aromatic heterocycles. The maximum Gasteiger partial charge on any atom is 0.274 e. The number of nitrogens with zero attached hydrogens (tertiary/aromatic N) is 5. The molecule has 2 amide bonds. The predicted octanol–water partition coefficient (Wildman–Crippen LogP) is 6.65. The van der Waals surface area contributed by atoms with Crippen LogP contribution in [-0.4, -0.2) is 104 Å². The third-order valence-electron chi connectivity index (χ3n) is 7.76. The molecule has 0 radical (unpaired) electrons. The minimum Gasteiger partial charge on any atom is -0.493 e. The molecule has 0 bridgehead atoms. The second-order valence-corrected chi connectivity index (χ2v) is 13.3. The van der Waals surface area contributed by atoms with Crippen molar-refractivity contribution in [2.75, 3.05) is 62.9 Å². The number of halogens is 1. The molecule has 0 fully saturated rings. The number of carbonyl (C=O) groups is 2. The van der Waals surface area contributed by atoms with E-state index in [1.165, 1.54) is 26.0 Å². The van der Waals surface area contributed by atoms with E-state index in [4.69, 9.17) is 66.1 Å². The second-order valence-electron chi connectivity index (χ2n) is 11.7. The predicted molar refractivity (Wildman–Crippen MR) is 227 cm³/mol. The number of amides is 2. The number of H-pyrrole nitrogens is 3. The molecule has 2 aromatic carbocycles. The molecule has 0 unspecified atom stereocenters. The molecule has 4 heterocycles. The Morgan fingerprint density at radius 3 is 1.88 bits per heavy atom. The Balaban J connectivity index is 0.000000216. The van der Waals surface area contributed by atoms with Crippen molar-refractivity contribution in [1.82, 2.24) is 29.9 Å². The molecule has 0 saturated carbocycles. The fourth-order valence-electron chi connectivity index (χ4n) is 5.06. The Hall–Kier alpha value is -6.42. The van der Waals surface area contributed by atoms with E-state index in [-0.39, 0.29) is 49.9 Å². The molecule has 7 N–H and O–H groups in total. The number of methoxy groups -OCH3 is 2. The molecule has 0 atom stereocenters. The highest BCUT2D eigenvalue weighted by atomic mass is 35.5. The lowest BCUT2D eigenvalue weighted by atomic mass is 10.2. The third kappa shape index (κ3) is 12.5. The molecule has 0 aliphatic heterocycles. The van der Waals surface area contributed by atoms with Gasteiger partial charge in [0.1, 0.15) is 42.5 Å². The number of aryl methyl sites for hydroxylation is 2. The van der Waals surface area contributed by atoms with Gasteiger partial charge in [-0.05, 0) is 50.3 Å². The van der Waals surface area contributed by atoms with E-state index in [9.17, 15) is 9.59 Å². The van der Waals surface area contributed by atoms with Crippen LogP contribution in [-0.2, 0) is 9.59 Å². The minimum atomic E-state index is -0.301. The van der Waals surface area contributed by atoms with Crippen LogP contribution in [0.2, 0.25) is 0 Å². The first-order chi connectivity index (χ1) is 28.5. The highest BCUT2D eigenvalue weighted by Crippen LogP contribution is 2.32. The maximum atomic E-state index is 12.3. The zero-order valence-electron chi connectivity index (χ0n) is 32.1. The van der Waals surface area contributed by atoms with Gasteiger partial charge in [-0.1, -0.05) is 24.9 Å². The Morgan fingerprint density at radius 1 is 0.814 bits per heavy atom. The number of aliphatic hydroxyl groups is 2. The Labute approximate surface area is 352 Å². The average Bonchev–Trinajstić information content (AvgIpc) is 3.86. The number of aromatic amines is 3. The van der Waals surface area contributed by atoms with Gasteiger partial charge in [0.05, 0.1) is 44.2 Å². The van der Waals surface area contributed by atoms with Crippen LogP contribution in [0.1, 0.15) is 11.1 Å². The van der Waals surface area contributed by atoms with Gasteiger partial charge in [-0.2, -0.15) is 0 Å². The van der Waals surface area contributed by atoms with E-state index < -0.39 is 0 Å².